The molecule has 0 saturated heterocycles. The van der Waals surface area contributed by atoms with Crippen molar-refractivity contribution in [1.29, 1.82) is 0 Å². The second-order valence-electron chi connectivity index (χ2n) is 4.80. The predicted molar refractivity (Wildman–Crippen MR) is 94.8 cm³/mol. The molecule has 0 bridgehead atoms. The SMILES string of the molecule is CC(=Cc1ccccc1Br)C(=O)Nc1ccc(Cl)cc1C(=O)O. The number of hydrogen-bond donors (Lipinski definition) is 2. The number of aromatic carboxylic acids is 1. The topological polar surface area (TPSA) is 66.4 Å². The van der Waals surface area contributed by atoms with Crippen molar-refractivity contribution in [2.45, 2.75) is 6.92 Å². The van der Waals surface area contributed by atoms with Crippen LogP contribution < -0.4 is 5.32 Å². The second-order valence-corrected chi connectivity index (χ2v) is 6.09. The van der Waals surface area contributed by atoms with E-state index in [0.717, 1.165) is 10.0 Å². The Balaban J connectivity index is 2.26. The molecule has 0 aliphatic heterocycles. The Morgan fingerprint density at radius 1 is 1.22 bits per heavy atom. The van der Waals surface area contributed by atoms with Crippen LogP contribution in [0, 0.1) is 0 Å². The van der Waals surface area contributed by atoms with Gasteiger partial charge in [-0.3, -0.25) is 4.79 Å². The van der Waals surface area contributed by atoms with E-state index in [1.807, 2.05) is 24.3 Å². The van der Waals surface area contributed by atoms with Gasteiger partial charge in [0.2, 0.25) is 0 Å². The maximum atomic E-state index is 12.3. The lowest BCUT2D eigenvalue weighted by Gasteiger charge is -2.09. The predicted octanol–water partition coefficient (Wildman–Crippen LogP) is 4.84. The second kappa shape index (κ2) is 7.44. The van der Waals surface area contributed by atoms with Gasteiger partial charge in [0.15, 0.2) is 0 Å². The average molecular weight is 395 g/mol. The first-order valence-electron chi connectivity index (χ1n) is 6.65. The van der Waals surface area contributed by atoms with Gasteiger partial charge in [-0.1, -0.05) is 45.7 Å². The minimum atomic E-state index is -1.16. The van der Waals surface area contributed by atoms with Crippen molar-refractivity contribution in [2.24, 2.45) is 0 Å². The molecule has 2 rings (SSSR count). The average Bonchev–Trinajstić information content (AvgIpc) is 2.51. The quantitative estimate of drug-likeness (QED) is 0.729. The number of anilines is 1. The molecule has 0 unspecified atom stereocenters. The Morgan fingerprint density at radius 3 is 2.57 bits per heavy atom. The van der Waals surface area contributed by atoms with Crippen LogP contribution in [0.2, 0.25) is 5.02 Å². The summed E-state index contributed by atoms with van der Waals surface area (Å²) in [6.45, 7) is 1.66. The summed E-state index contributed by atoms with van der Waals surface area (Å²) in [5, 5.41) is 12.1. The summed E-state index contributed by atoms with van der Waals surface area (Å²) in [7, 11) is 0. The molecular weight excluding hydrogens is 382 g/mol. The van der Waals surface area contributed by atoms with Crippen LogP contribution in [0.1, 0.15) is 22.8 Å². The van der Waals surface area contributed by atoms with E-state index in [4.69, 9.17) is 11.6 Å². The normalized spacial score (nSPS) is 11.2. The van der Waals surface area contributed by atoms with Crippen LogP contribution in [0.5, 0.6) is 0 Å². The molecule has 0 aromatic heterocycles. The molecule has 0 spiro atoms. The number of carbonyl (C=O) groups excluding carboxylic acids is 1. The number of benzene rings is 2. The van der Waals surface area contributed by atoms with E-state index in [2.05, 4.69) is 21.2 Å². The minimum absolute atomic E-state index is 0.0560. The van der Waals surface area contributed by atoms with Crippen LogP contribution in [-0.2, 0) is 4.79 Å². The highest BCUT2D eigenvalue weighted by Gasteiger charge is 2.14. The monoisotopic (exact) mass is 393 g/mol. The van der Waals surface area contributed by atoms with Gasteiger partial charge in [-0.15, -0.1) is 0 Å². The van der Waals surface area contributed by atoms with Crippen LogP contribution >= 0.6 is 27.5 Å². The number of carbonyl (C=O) groups is 2. The lowest BCUT2D eigenvalue weighted by atomic mass is 10.1. The highest BCUT2D eigenvalue weighted by Crippen LogP contribution is 2.23. The molecule has 0 saturated carbocycles. The standard InChI is InChI=1S/C17H13BrClNO3/c1-10(8-11-4-2-3-5-14(11)18)16(21)20-15-7-6-12(19)9-13(15)17(22)23/h2-9H,1H3,(H,20,21)(H,22,23). The first kappa shape index (κ1) is 17.2. The van der Waals surface area contributed by atoms with Crippen molar-refractivity contribution in [3.63, 3.8) is 0 Å². The van der Waals surface area contributed by atoms with Gasteiger partial charge in [-0.2, -0.15) is 0 Å². The number of hydrogen-bond acceptors (Lipinski definition) is 2. The molecule has 2 aromatic rings. The Labute approximate surface area is 146 Å². The minimum Gasteiger partial charge on any atom is -0.478 e. The summed E-state index contributed by atoms with van der Waals surface area (Å²) in [6.07, 6.45) is 1.72. The van der Waals surface area contributed by atoms with Gasteiger partial charge in [0.1, 0.15) is 0 Å². The number of halogens is 2. The van der Waals surface area contributed by atoms with Crippen molar-refractivity contribution in [2.75, 3.05) is 5.32 Å². The van der Waals surface area contributed by atoms with Gasteiger partial charge in [0.25, 0.3) is 5.91 Å². The van der Waals surface area contributed by atoms with Crippen LogP contribution in [-0.4, -0.2) is 17.0 Å². The van der Waals surface area contributed by atoms with Gasteiger partial charge in [-0.25, -0.2) is 4.79 Å². The van der Waals surface area contributed by atoms with E-state index in [1.54, 1.807) is 13.0 Å². The summed E-state index contributed by atoms with van der Waals surface area (Å²) < 4.78 is 0.866. The number of carboxylic acid groups (broad SMARTS) is 1. The Hall–Kier alpha value is -2.11. The zero-order valence-electron chi connectivity index (χ0n) is 12.1. The van der Waals surface area contributed by atoms with Gasteiger partial charge in [-0.05, 0) is 42.8 Å². The molecule has 0 aliphatic carbocycles. The third-order valence-electron chi connectivity index (χ3n) is 3.10. The van der Waals surface area contributed by atoms with Crippen LogP contribution in [0.4, 0.5) is 5.69 Å². The van der Waals surface area contributed by atoms with E-state index in [9.17, 15) is 14.7 Å². The van der Waals surface area contributed by atoms with E-state index in [1.165, 1.54) is 18.2 Å². The maximum Gasteiger partial charge on any atom is 0.337 e. The van der Waals surface area contributed by atoms with Crippen molar-refractivity contribution in [3.8, 4) is 0 Å². The molecule has 0 atom stereocenters. The summed E-state index contributed by atoms with van der Waals surface area (Å²) in [5.74, 6) is -1.54. The number of amides is 1. The molecule has 6 heteroatoms. The molecule has 1 amide bonds. The van der Waals surface area contributed by atoms with E-state index in [-0.39, 0.29) is 17.2 Å². The van der Waals surface area contributed by atoms with Crippen molar-refractivity contribution in [3.05, 3.63) is 68.7 Å². The molecule has 0 heterocycles. The molecule has 2 aromatic carbocycles. The first-order chi connectivity index (χ1) is 10.9. The summed E-state index contributed by atoms with van der Waals surface area (Å²) in [5.41, 5.74) is 1.45. The molecule has 118 valence electrons. The highest BCUT2D eigenvalue weighted by atomic mass is 79.9. The summed E-state index contributed by atoms with van der Waals surface area (Å²) in [4.78, 5) is 23.5. The first-order valence-corrected chi connectivity index (χ1v) is 7.82. The van der Waals surface area contributed by atoms with Gasteiger partial charge >= 0.3 is 5.97 Å². The number of nitrogens with one attached hydrogen (secondary N) is 1. The lowest BCUT2D eigenvalue weighted by molar-refractivity contribution is -0.112. The molecule has 4 nitrogen and oxygen atoms in total. The molecule has 23 heavy (non-hydrogen) atoms. The zero-order valence-corrected chi connectivity index (χ0v) is 14.5. The lowest BCUT2D eigenvalue weighted by Crippen LogP contribution is -2.15. The van der Waals surface area contributed by atoms with Gasteiger partial charge < -0.3 is 10.4 Å². The highest BCUT2D eigenvalue weighted by molar-refractivity contribution is 9.10. The van der Waals surface area contributed by atoms with Crippen molar-refractivity contribution >= 4 is 51.2 Å². The fraction of sp³-hybridized carbons (Fsp3) is 0.0588. The number of carboxylic acids is 1. The fourth-order valence-electron chi connectivity index (χ4n) is 1.91. The smallest absolute Gasteiger partial charge is 0.337 e. The Bertz CT molecular complexity index is 802. The molecule has 0 radical (unpaired) electrons. The summed E-state index contributed by atoms with van der Waals surface area (Å²) >= 11 is 9.20. The Kier molecular flexibility index (Phi) is 5.58. The van der Waals surface area contributed by atoms with E-state index in [0.29, 0.717) is 10.6 Å². The van der Waals surface area contributed by atoms with Gasteiger partial charge in [0.05, 0.1) is 11.3 Å². The van der Waals surface area contributed by atoms with Crippen LogP contribution in [0.25, 0.3) is 6.08 Å². The third-order valence-corrected chi connectivity index (χ3v) is 4.05. The van der Waals surface area contributed by atoms with E-state index >= 15 is 0 Å². The van der Waals surface area contributed by atoms with E-state index < -0.39 is 5.97 Å². The van der Waals surface area contributed by atoms with Gasteiger partial charge in [0, 0.05) is 15.1 Å². The largest absolute Gasteiger partial charge is 0.478 e. The van der Waals surface area contributed by atoms with Crippen LogP contribution in [0.3, 0.4) is 0 Å². The Morgan fingerprint density at radius 2 is 1.91 bits per heavy atom. The zero-order chi connectivity index (χ0) is 17.0. The maximum absolute atomic E-state index is 12.3. The fourth-order valence-corrected chi connectivity index (χ4v) is 2.49. The molecule has 2 N–H and O–H groups in total. The summed E-state index contributed by atoms with van der Waals surface area (Å²) in [6, 6.07) is 11.8. The van der Waals surface area contributed by atoms with Crippen molar-refractivity contribution < 1.29 is 14.7 Å². The molecule has 0 aliphatic rings. The molecule has 0 fully saturated rings. The van der Waals surface area contributed by atoms with Crippen molar-refractivity contribution in [1.82, 2.24) is 0 Å². The number of rotatable bonds is 4. The van der Waals surface area contributed by atoms with Crippen LogP contribution in [0.15, 0.2) is 52.5 Å². The third kappa shape index (κ3) is 4.43. The molecular formula is C17H13BrClNO3.